The maximum atomic E-state index is 11.8. The van der Waals surface area contributed by atoms with Crippen LogP contribution in [-0.4, -0.2) is 76.8 Å². The maximum absolute atomic E-state index is 11.8. The molecule has 0 radical (unpaired) electrons. The second-order valence-corrected chi connectivity index (χ2v) is 7.45. The van der Waals surface area contributed by atoms with Gasteiger partial charge in [0.2, 0.25) is 0 Å². The first-order valence-corrected chi connectivity index (χ1v) is 10.7. The molecule has 1 amide bonds. The smallest absolute Gasteiger partial charge is 0.251 e. The molecule has 3 N–H and O–H groups in total. The fourth-order valence-corrected chi connectivity index (χ4v) is 3.51. The molecule has 1 fully saturated rings. The van der Waals surface area contributed by atoms with Gasteiger partial charge in [-0.3, -0.25) is 9.79 Å². The summed E-state index contributed by atoms with van der Waals surface area (Å²) in [5.74, 6) is 1.47. The second kappa shape index (κ2) is 13.2. The van der Waals surface area contributed by atoms with Crippen LogP contribution < -0.4 is 16.0 Å². The van der Waals surface area contributed by atoms with E-state index >= 15 is 0 Å². The van der Waals surface area contributed by atoms with E-state index in [0.717, 1.165) is 63.8 Å². The zero-order chi connectivity index (χ0) is 20.9. The van der Waals surface area contributed by atoms with Gasteiger partial charge in [0.1, 0.15) is 0 Å². The summed E-state index contributed by atoms with van der Waals surface area (Å²) in [6.07, 6.45) is 3.23. The molecule has 7 heteroatoms. The molecule has 0 saturated carbocycles. The highest BCUT2D eigenvalue weighted by molar-refractivity contribution is 5.94. The van der Waals surface area contributed by atoms with E-state index in [1.54, 1.807) is 14.2 Å². The van der Waals surface area contributed by atoms with Crippen LogP contribution in [-0.2, 0) is 11.2 Å². The van der Waals surface area contributed by atoms with E-state index in [4.69, 9.17) is 9.73 Å². The Balaban J connectivity index is 1.77. The predicted octanol–water partition coefficient (Wildman–Crippen LogP) is 1.50. The first-order valence-electron chi connectivity index (χ1n) is 10.7. The number of hydrogen-bond acceptors (Lipinski definition) is 4. The zero-order valence-electron chi connectivity index (χ0n) is 18.2. The molecule has 1 aliphatic heterocycles. The van der Waals surface area contributed by atoms with E-state index in [0.29, 0.717) is 11.5 Å². The van der Waals surface area contributed by atoms with Crippen LogP contribution in [0.3, 0.4) is 0 Å². The molecular formula is C22H37N5O2. The zero-order valence-corrected chi connectivity index (χ0v) is 18.2. The third-order valence-corrected chi connectivity index (χ3v) is 5.29. The molecule has 1 aliphatic rings. The lowest BCUT2D eigenvalue weighted by molar-refractivity contribution is 0.0963. The van der Waals surface area contributed by atoms with Gasteiger partial charge in [0.15, 0.2) is 5.96 Å². The summed E-state index contributed by atoms with van der Waals surface area (Å²) in [5.41, 5.74) is 1.83. The molecule has 1 saturated heterocycles. The van der Waals surface area contributed by atoms with Crippen LogP contribution in [0.5, 0.6) is 0 Å². The lowest BCUT2D eigenvalue weighted by Gasteiger charge is -2.31. The Kier molecular flexibility index (Phi) is 10.5. The topological polar surface area (TPSA) is 78.0 Å². The van der Waals surface area contributed by atoms with Crippen LogP contribution in [0.2, 0.25) is 0 Å². The van der Waals surface area contributed by atoms with Crippen LogP contribution in [0, 0.1) is 5.92 Å². The first kappa shape index (κ1) is 23.2. The van der Waals surface area contributed by atoms with Gasteiger partial charge in [-0.1, -0.05) is 12.1 Å². The molecule has 0 aromatic heterocycles. The third kappa shape index (κ3) is 8.41. The van der Waals surface area contributed by atoms with Gasteiger partial charge in [0.25, 0.3) is 5.91 Å². The van der Waals surface area contributed by atoms with Crippen LogP contribution in [0.25, 0.3) is 0 Å². The fraction of sp³-hybridized carbons (Fsp3) is 0.636. The number of benzene rings is 1. The molecule has 0 atom stereocenters. The van der Waals surface area contributed by atoms with Crippen molar-refractivity contribution in [2.45, 2.75) is 26.2 Å². The van der Waals surface area contributed by atoms with E-state index < -0.39 is 0 Å². The van der Waals surface area contributed by atoms with Gasteiger partial charge in [0.05, 0.1) is 6.61 Å². The second-order valence-electron chi connectivity index (χ2n) is 7.45. The number of likely N-dealkylation sites (tertiary alicyclic amines) is 1. The maximum Gasteiger partial charge on any atom is 0.251 e. The minimum atomic E-state index is -0.0528. The lowest BCUT2D eigenvalue weighted by Crippen LogP contribution is -2.40. The molecule has 0 aliphatic carbocycles. The number of carbonyl (C=O) groups excluding carboxylic acids is 1. The minimum absolute atomic E-state index is 0.0528. The molecule has 1 aromatic rings. The highest BCUT2D eigenvalue weighted by atomic mass is 16.5. The Morgan fingerprint density at radius 3 is 2.76 bits per heavy atom. The molecule has 2 rings (SSSR count). The van der Waals surface area contributed by atoms with Crippen LogP contribution >= 0.6 is 0 Å². The van der Waals surface area contributed by atoms with Gasteiger partial charge in [-0.15, -0.1) is 0 Å². The number of carbonyl (C=O) groups is 1. The number of ether oxygens (including phenoxy) is 1. The van der Waals surface area contributed by atoms with Crippen molar-refractivity contribution in [3.8, 4) is 0 Å². The minimum Gasteiger partial charge on any atom is -0.383 e. The molecule has 7 nitrogen and oxygen atoms in total. The third-order valence-electron chi connectivity index (χ3n) is 5.29. The van der Waals surface area contributed by atoms with E-state index in [9.17, 15) is 4.79 Å². The number of nitrogens with zero attached hydrogens (tertiary/aromatic N) is 2. The monoisotopic (exact) mass is 403 g/mol. The van der Waals surface area contributed by atoms with Gasteiger partial charge >= 0.3 is 0 Å². The molecule has 162 valence electrons. The van der Waals surface area contributed by atoms with Gasteiger partial charge in [0, 0.05) is 45.9 Å². The van der Waals surface area contributed by atoms with Crippen molar-refractivity contribution < 1.29 is 9.53 Å². The summed E-state index contributed by atoms with van der Waals surface area (Å²) in [4.78, 5) is 19.0. The Morgan fingerprint density at radius 1 is 1.28 bits per heavy atom. The number of nitrogens with one attached hydrogen (secondary N) is 3. The van der Waals surface area contributed by atoms with E-state index in [2.05, 4.69) is 33.8 Å². The Morgan fingerprint density at radius 2 is 2.07 bits per heavy atom. The van der Waals surface area contributed by atoms with E-state index in [1.165, 1.54) is 12.8 Å². The van der Waals surface area contributed by atoms with Crippen molar-refractivity contribution in [2.75, 3.05) is 60.0 Å². The van der Waals surface area contributed by atoms with Gasteiger partial charge < -0.3 is 25.6 Å². The number of methoxy groups -OCH3 is 1. The summed E-state index contributed by atoms with van der Waals surface area (Å²) in [5, 5.41) is 9.42. The Labute approximate surface area is 175 Å². The van der Waals surface area contributed by atoms with Crippen LogP contribution in [0.15, 0.2) is 29.3 Å². The number of rotatable bonds is 10. The summed E-state index contributed by atoms with van der Waals surface area (Å²) < 4.78 is 5.17. The summed E-state index contributed by atoms with van der Waals surface area (Å²) in [7, 11) is 3.41. The molecule has 29 heavy (non-hydrogen) atoms. The van der Waals surface area contributed by atoms with Gasteiger partial charge in [-0.2, -0.15) is 0 Å². The van der Waals surface area contributed by atoms with Crippen molar-refractivity contribution in [1.82, 2.24) is 20.9 Å². The number of guanidine groups is 1. The number of amides is 1. The standard InChI is InChI=1S/C22H37N5O2/c1-4-24-22(26-17-19-9-12-27(13-10-19)14-15-29-3)25-11-8-18-6-5-7-20(16-18)21(28)23-2/h5-7,16,19H,4,8-15,17H2,1-3H3,(H,23,28)(H2,24,25,26). The molecule has 0 spiro atoms. The summed E-state index contributed by atoms with van der Waals surface area (Å²) in [6.45, 7) is 8.66. The predicted molar refractivity (Wildman–Crippen MR) is 119 cm³/mol. The van der Waals surface area contributed by atoms with Crippen molar-refractivity contribution >= 4 is 11.9 Å². The Bertz CT molecular complexity index is 642. The lowest BCUT2D eigenvalue weighted by atomic mass is 9.97. The number of aliphatic imine (C=N–C) groups is 1. The van der Waals surface area contributed by atoms with Crippen LogP contribution in [0.1, 0.15) is 35.7 Å². The van der Waals surface area contributed by atoms with Gasteiger partial charge in [-0.05, 0) is 62.9 Å². The number of piperidine rings is 1. The van der Waals surface area contributed by atoms with Crippen molar-refractivity contribution in [1.29, 1.82) is 0 Å². The fourth-order valence-electron chi connectivity index (χ4n) is 3.51. The summed E-state index contributed by atoms with van der Waals surface area (Å²) >= 11 is 0. The molecular weight excluding hydrogens is 366 g/mol. The summed E-state index contributed by atoms with van der Waals surface area (Å²) in [6, 6.07) is 7.76. The van der Waals surface area contributed by atoms with Crippen LogP contribution in [0.4, 0.5) is 0 Å². The average molecular weight is 404 g/mol. The molecule has 1 heterocycles. The molecule has 0 unspecified atom stereocenters. The quantitative estimate of drug-likeness (QED) is 0.408. The van der Waals surface area contributed by atoms with Crippen molar-refractivity contribution in [3.63, 3.8) is 0 Å². The largest absolute Gasteiger partial charge is 0.383 e. The molecule has 0 bridgehead atoms. The average Bonchev–Trinajstić information content (AvgIpc) is 2.76. The molecule has 1 aromatic carbocycles. The van der Waals surface area contributed by atoms with Crippen molar-refractivity contribution in [2.24, 2.45) is 10.9 Å². The van der Waals surface area contributed by atoms with E-state index in [-0.39, 0.29) is 5.91 Å². The Hall–Kier alpha value is -2.12. The number of hydrogen-bond donors (Lipinski definition) is 3. The first-order chi connectivity index (χ1) is 14.2. The van der Waals surface area contributed by atoms with Gasteiger partial charge in [-0.25, -0.2) is 0 Å². The highest BCUT2D eigenvalue weighted by Crippen LogP contribution is 2.17. The SMILES string of the molecule is CCNC(=NCC1CCN(CCOC)CC1)NCCc1cccc(C(=O)NC)c1. The van der Waals surface area contributed by atoms with E-state index in [1.807, 2.05) is 18.2 Å². The normalized spacial score (nSPS) is 15.9. The highest BCUT2D eigenvalue weighted by Gasteiger charge is 2.18. The van der Waals surface area contributed by atoms with Crippen molar-refractivity contribution in [3.05, 3.63) is 35.4 Å².